The molecule has 1 aromatic carbocycles. The average molecular weight is 236 g/mol. The number of nitrogens with two attached hydrogens (primary N) is 1. The molecular weight excluding hydrogens is 219 g/mol. The Morgan fingerprint density at radius 2 is 2.18 bits per heavy atom. The molecule has 17 heavy (non-hydrogen) atoms. The van der Waals surface area contributed by atoms with Crippen molar-refractivity contribution in [1.82, 2.24) is 4.90 Å². The smallest absolute Gasteiger partial charge is 0.220 e. The monoisotopic (exact) mass is 236 g/mol. The van der Waals surface area contributed by atoms with E-state index in [-0.39, 0.29) is 23.8 Å². The molecule has 92 valence electrons. The van der Waals surface area contributed by atoms with E-state index in [2.05, 4.69) is 0 Å². The van der Waals surface area contributed by atoms with Crippen molar-refractivity contribution in [2.45, 2.75) is 31.8 Å². The van der Waals surface area contributed by atoms with E-state index in [0.717, 1.165) is 12.8 Å². The highest BCUT2D eigenvalue weighted by Crippen LogP contribution is 2.31. The van der Waals surface area contributed by atoms with E-state index in [1.165, 1.54) is 13.0 Å². The van der Waals surface area contributed by atoms with Crippen LogP contribution in [0.15, 0.2) is 24.3 Å². The highest BCUT2D eigenvalue weighted by atomic mass is 19.1. The number of halogens is 1. The van der Waals surface area contributed by atoms with E-state index >= 15 is 0 Å². The van der Waals surface area contributed by atoms with Crippen LogP contribution < -0.4 is 5.73 Å². The summed E-state index contributed by atoms with van der Waals surface area (Å²) in [4.78, 5) is 13.3. The average Bonchev–Trinajstić information content (AvgIpc) is 2.30. The first-order valence-electron chi connectivity index (χ1n) is 5.88. The standard InChI is InChI=1S/C13H17FN2O/c1-9(17)16-8-4-7-12(15)13(16)10-5-2-3-6-11(10)14/h2-3,5-6,12-13H,4,7-8,15H2,1H3/t12-,13+/m1/s1. The molecule has 1 fully saturated rings. The van der Waals surface area contributed by atoms with Crippen molar-refractivity contribution in [3.63, 3.8) is 0 Å². The van der Waals surface area contributed by atoms with Gasteiger partial charge in [-0.25, -0.2) is 4.39 Å². The van der Waals surface area contributed by atoms with E-state index in [1.54, 1.807) is 23.1 Å². The predicted octanol–water partition coefficient (Wildman–Crippen LogP) is 1.84. The Bertz CT molecular complexity index is 422. The molecule has 0 bridgehead atoms. The van der Waals surface area contributed by atoms with Gasteiger partial charge in [-0.2, -0.15) is 0 Å². The van der Waals surface area contributed by atoms with Crippen molar-refractivity contribution in [2.24, 2.45) is 5.73 Å². The molecule has 1 aromatic rings. The van der Waals surface area contributed by atoms with Crippen molar-refractivity contribution < 1.29 is 9.18 Å². The van der Waals surface area contributed by atoms with Crippen LogP contribution in [0.4, 0.5) is 4.39 Å². The molecule has 1 aliphatic rings. The molecular formula is C13H17FN2O. The fourth-order valence-corrected chi connectivity index (χ4v) is 2.49. The van der Waals surface area contributed by atoms with Gasteiger partial charge in [-0.1, -0.05) is 18.2 Å². The molecule has 0 unspecified atom stereocenters. The van der Waals surface area contributed by atoms with Gasteiger partial charge >= 0.3 is 0 Å². The Morgan fingerprint density at radius 3 is 2.82 bits per heavy atom. The molecule has 2 rings (SSSR count). The van der Waals surface area contributed by atoms with Crippen LogP contribution in [0.3, 0.4) is 0 Å². The second-order valence-electron chi connectivity index (χ2n) is 4.48. The van der Waals surface area contributed by atoms with Crippen LogP contribution in [0.1, 0.15) is 31.4 Å². The van der Waals surface area contributed by atoms with Gasteiger partial charge in [0.25, 0.3) is 0 Å². The summed E-state index contributed by atoms with van der Waals surface area (Å²) in [5.41, 5.74) is 6.57. The maximum absolute atomic E-state index is 13.8. The number of carbonyl (C=O) groups is 1. The molecule has 1 saturated heterocycles. The zero-order valence-electron chi connectivity index (χ0n) is 9.90. The first kappa shape index (κ1) is 12.0. The minimum Gasteiger partial charge on any atom is -0.334 e. The molecule has 1 heterocycles. The number of amides is 1. The van der Waals surface area contributed by atoms with E-state index in [1.807, 2.05) is 0 Å². The lowest BCUT2D eigenvalue weighted by atomic mass is 9.90. The lowest BCUT2D eigenvalue weighted by Gasteiger charge is -2.39. The van der Waals surface area contributed by atoms with Gasteiger partial charge in [-0.05, 0) is 18.9 Å². The van der Waals surface area contributed by atoms with Gasteiger partial charge in [0, 0.05) is 25.1 Å². The SMILES string of the molecule is CC(=O)N1CCC[C@@H](N)[C@@H]1c1ccccc1F. The third-order valence-corrected chi connectivity index (χ3v) is 3.31. The summed E-state index contributed by atoms with van der Waals surface area (Å²) in [7, 11) is 0. The number of rotatable bonds is 1. The van der Waals surface area contributed by atoms with Crippen LogP contribution in [0.25, 0.3) is 0 Å². The van der Waals surface area contributed by atoms with E-state index in [9.17, 15) is 9.18 Å². The van der Waals surface area contributed by atoms with E-state index in [4.69, 9.17) is 5.73 Å². The minimum atomic E-state index is -0.331. The van der Waals surface area contributed by atoms with Crippen molar-refractivity contribution in [1.29, 1.82) is 0 Å². The first-order valence-corrected chi connectivity index (χ1v) is 5.88. The van der Waals surface area contributed by atoms with Gasteiger partial charge in [0.2, 0.25) is 5.91 Å². The summed E-state index contributed by atoms with van der Waals surface area (Å²) in [6.45, 7) is 2.16. The van der Waals surface area contributed by atoms with Crippen LogP contribution in [0.5, 0.6) is 0 Å². The van der Waals surface area contributed by atoms with Crippen molar-refractivity contribution in [2.75, 3.05) is 6.54 Å². The molecule has 4 heteroatoms. The molecule has 1 aliphatic heterocycles. The van der Waals surface area contributed by atoms with E-state index in [0.29, 0.717) is 12.1 Å². The van der Waals surface area contributed by atoms with Crippen molar-refractivity contribution >= 4 is 5.91 Å². The highest BCUT2D eigenvalue weighted by Gasteiger charge is 2.33. The quantitative estimate of drug-likeness (QED) is 0.808. The molecule has 3 nitrogen and oxygen atoms in total. The zero-order valence-corrected chi connectivity index (χ0v) is 9.90. The Hall–Kier alpha value is -1.42. The molecule has 0 aliphatic carbocycles. The van der Waals surface area contributed by atoms with Gasteiger partial charge in [-0.15, -0.1) is 0 Å². The summed E-state index contributed by atoms with van der Waals surface area (Å²) in [5, 5.41) is 0. The fraction of sp³-hybridized carbons (Fsp3) is 0.462. The zero-order chi connectivity index (χ0) is 12.4. The van der Waals surface area contributed by atoms with E-state index < -0.39 is 0 Å². The Kier molecular flexibility index (Phi) is 3.43. The molecule has 0 spiro atoms. The predicted molar refractivity (Wildman–Crippen MR) is 63.7 cm³/mol. The number of nitrogens with zero attached hydrogens (tertiary/aromatic N) is 1. The second kappa shape index (κ2) is 4.84. The molecule has 2 N–H and O–H groups in total. The summed E-state index contributed by atoms with van der Waals surface area (Å²) in [6.07, 6.45) is 1.70. The lowest BCUT2D eigenvalue weighted by Crippen LogP contribution is -2.48. The van der Waals surface area contributed by atoms with Crippen molar-refractivity contribution in [3.05, 3.63) is 35.6 Å². The molecule has 2 atom stereocenters. The molecule has 0 aromatic heterocycles. The summed E-state index contributed by atoms with van der Waals surface area (Å²) in [6, 6.07) is 6.02. The topological polar surface area (TPSA) is 46.3 Å². The Balaban J connectivity index is 2.38. The summed E-state index contributed by atoms with van der Waals surface area (Å²) in [5.74, 6) is -0.338. The summed E-state index contributed by atoms with van der Waals surface area (Å²) >= 11 is 0. The normalized spacial score (nSPS) is 24.8. The number of hydrogen-bond acceptors (Lipinski definition) is 2. The van der Waals surface area contributed by atoms with Crippen LogP contribution in [0.2, 0.25) is 0 Å². The van der Waals surface area contributed by atoms with Gasteiger partial charge in [0.15, 0.2) is 0 Å². The molecule has 0 saturated carbocycles. The fourth-order valence-electron chi connectivity index (χ4n) is 2.49. The third-order valence-electron chi connectivity index (χ3n) is 3.31. The number of likely N-dealkylation sites (tertiary alicyclic amines) is 1. The first-order chi connectivity index (χ1) is 8.11. The van der Waals surface area contributed by atoms with Crippen LogP contribution >= 0.6 is 0 Å². The van der Waals surface area contributed by atoms with Gasteiger partial charge in [0.1, 0.15) is 5.82 Å². The van der Waals surface area contributed by atoms with Crippen molar-refractivity contribution in [3.8, 4) is 0 Å². The number of piperidine rings is 1. The highest BCUT2D eigenvalue weighted by molar-refractivity contribution is 5.74. The third kappa shape index (κ3) is 2.31. The largest absolute Gasteiger partial charge is 0.334 e. The van der Waals surface area contributed by atoms with Crippen LogP contribution in [0, 0.1) is 5.82 Å². The second-order valence-corrected chi connectivity index (χ2v) is 4.48. The minimum absolute atomic E-state index is 0.0478. The van der Waals surface area contributed by atoms with Gasteiger partial charge in [-0.3, -0.25) is 4.79 Å². The van der Waals surface area contributed by atoms with Gasteiger partial charge in [0.05, 0.1) is 6.04 Å². The Labute approximate surface area is 100 Å². The number of benzene rings is 1. The lowest BCUT2D eigenvalue weighted by molar-refractivity contribution is -0.133. The summed E-state index contributed by atoms with van der Waals surface area (Å²) < 4.78 is 13.8. The number of hydrogen-bond donors (Lipinski definition) is 1. The van der Waals surface area contributed by atoms with Crippen LogP contribution in [-0.2, 0) is 4.79 Å². The molecule has 0 radical (unpaired) electrons. The Morgan fingerprint density at radius 1 is 1.47 bits per heavy atom. The van der Waals surface area contributed by atoms with Gasteiger partial charge < -0.3 is 10.6 Å². The number of carbonyl (C=O) groups excluding carboxylic acids is 1. The molecule has 1 amide bonds. The maximum atomic E-state index is 13.8. The van der Waals surface area contributed by atoms with Crippen LogP contribution in [-0.4, -0.2) is 23.4 Å². The maximum Gasteiger partial charge on any atom is 0.220 e.